The molecule has 0 unspecified atom stereocenters. The van der Waals surface area contributed by atoms with E-state index >= 15 is 0 Å². The van der Waals surface area contributed by atoms with Crippen LogP contribution in [0.15, 0.2) is 24.8 Å². The first kappa shape index (κ1) is 12.3. The van der Waals surface area contributed by atoms with Crippen LogP contribution in [-0.2, 0) is 13.0 Å². The molecule has 0 aromatic carbocycles. The van der Waals surface area contributed by atoms with Gasteiger partial charge in [-0.05, 0) is 19.3 Å². The highest BCUT2D eigenvalue weighted by molar-refractivity contribution is 5.18. The molecule has 1 N–H and O–H groups in total. The van der Waals surface area contributed by atoms with Crippen molar-refractivity contribution in [2.24, 2.45) is 0 Å². The van der Waals surface area contributed by atoms with Crippen molar-refractivity contribution in [1.29, 1.82) is 0 Å². The molecule has 100 valence electrons. The summed E-state index contributed by atoms with van der Waals surface area (Å²) in [6.07, 6.45) is 12.1. The molecular formula is C14H19N5. The highest BCUT2D eigenvalue weighted by Gasteiger charge is 2.20. The lowest BCUT2D eigenvalue weighted by atomic mass is 10.3. The van der Waals surface area contributed by atoms with Crippen LogP contribution in [0, 0.1) is 0 Å². The summed E-state index contributed by atoms with van der Waals surface area (Å²) >= 11 is 0. The van der Waals surface area contributed by atoms with Gasteiger partial charge >= 0.3 is 0 Å². The number of aromatic nitrogens is 4. The van der Waals surface area contributed by atoms with Crippen LogP contribution in [0.1, 0.15) is 37.6 Å². The molecule has 5 nitrogen and oxygen atoms in total. The number of hydrogen-bond donors (Lipinski definition) is 1. The summed E-state index contributed by atoms with van der Waals surface area (Å²) in [4.78, 5) is 13.2. The second kappa shape index (κ2) is 5.48. The number of nitrogens with zero attached hydrogens (tertiary/aromatic N) is 4. The van der Waals surface area contributed by atoms with Crippen molar-refractivity contribution in [3.63, 3.8) is 0 Å². The van der Waals surface area contributed by atoms with E-state index in [0.29, 0.717) is 12.0 Å². The normalized spacial score (nSPS) is 14.8. The topological polar surface area (TPSA) is 55.6 Å². The van der Waals surface area contributed by atoms with Crippen LogP contribution in [0.3, 0.4) is 0 Å². The van der Waals surface area contributed by atoms with E-state index in [2.05, 4.69) is 27.2 Å². The fourth-order valence-corrected chi connectivity index (χ4v) is 2.04. The molecule has 1 saturated carbocycles. The maximum absolute atomic E-state index is 4.43. The lowest BCUT2D eigenvalue weighted by Gasteiger charge is -2.06. The molecule has 2 heterocycles. The van der Waals surface area contributed by atoms with E-state index in [1.807, 2.05) is 23.2 Å². The summed E-state index contributed by atoms with van der Waals surface area (Å²) in [5, 5.41) is 3.46. The van der Waals surface area contributed by atoms with Gasteiger partial charge in [0.05, 0.1) is 0 Å². The molecule has 0 saturated heterocycles. The molecule has 0 bridgehead atoms. The largest absolute Gasteiger partial charge is 0.310 e. The lowest BCUT2D eigenvalue weighted by Crippen LogP contribution is -2.16. The predicted molar refractivity (Wildman–Crippen MR) is 73.0 cm³/mol. The Balaban J connectivity index is 1.71. The first-order valence-corrected chi connectivity index (χ1v) is 6.93. The lowest BCUT2D eigenvalue weighted by molar-refractivity contribution is 0.681. The molecule has 0 spiro atoms. The molecule has 0 atom stereocenters. The Bertz CT molecular complexity index is 527. The van der Waals surface area contributed by atoms with E-state index in [4.69, 9.17) is 0 Å². The maximum atomic E-state index is 4.43. The van der Waals surface area contributed by atoms with Crippen LogP contribution in [0.5, 0.6) is 0 Å². The Morgan fingerprint density at radius 1 is 1.26 bits per heavy atom. The summed E-state index contributed by atoms with van der Waals surface area (Å²) in [6.45, 7) is 3.00. The monoisotopic (exact) mass is 257 g/mol. The molecule has 0 radical (unpaired) electrons. The van der Waals surface area contributed by atoms with Gasteiger partial charge < -0.3 is 5.32 Å². The number of aryl methyl sites for hydroxylation is 1. The minimum absolute atomic E-state index is 0.705. The molecule has 2 aromatic rings. The Morgan fingerprint density at radius 2 is 2.05 bits per heavy atom. The van der Waals surface area contributed by atoms with Crippen molar-refractivity contribution in [3.8, 4) is 5.95 Å². The fourth-order valence-electron chi connectivity index (χ4n) is 2.04. The zero-order valence-corrected chi connectivity index (χ0v) is 11.2. The van der Waals surface area contributed by atoms with Crippen LogP contribution < -0.4 is 5.32 Å². The van der Waals surface area contributed by atoms with E-state index in [0.717, 1.165) is 30.8 Å². The predicted octanol–water partition coefficient (Wildman–Crippen LogP) is 1.87. The molecule has 0 amide bonds. The number of nitrogens with one attached hydrogen (secondary N) is 1. The van der Waals surface area contributed by atoms with Crippen molar-refractivity contribution in [2.75, 3.05) is 0 Å². The average Bonchev–Trinajstić information content (AvgIpc) is 3.16. The third-order valence-electron chi connectivity index (χ3n) is 3.27. The molecule has 2 aromatic heterocycles. The smallest absolute Gasteiger partial charge is 0.235 e. The van der Waals surface area contributed by atoms with E-state index in [9.17, 15) is 0 Å². The quantitative estimate of drug-likeness (QED) is 0.858. The minimum atomic E-state index is 0.705. The Kier molecular flexibility index (Phi) is 3.55. The van der Waals surface area contributed by atoms with E-state index in [1.54, 1.807) is 6.20 Å². The van der Waals surface area contributed by atoms with Crippen molar-refractivity contribution >= 4 is 0 Å². The van der Waals surface area contributed by atoms with Crippen LogP contribution in [0.4, 0.5) is 0 Å². The molecule has 1 fully saturated rings. The number of imidazole rings is 1. The number of hydrogen-bond acceptors (Lipinski definition) is 4. The highest BCUT2D eigenvalue weighted by Crippen LogP contribution is 2.19. The standard InChI is InChI=1S/C14H19N5/c1-2-3-13-15-6-7-19(13)14-17-9-11(10-18-14)8-16-12-4-5-12/h6-7,9-10,12,16H,2-5,8H2,1H3. The molecule has 0 aliphatic heterocycles. The van der Waals surface area contributed by atoms with E-state index in [-0.39, 0.29) is 0 Å². The van der Waals surface area contributed by atoms with Gasteiger partial charge in [0.15, 0.2) is 0 Å². The van der Waals surface area contributed by atoms with Gasteiger partial charge in [0.1, 0.15) is 5.82 Å². The second-order valence-electron chi connectivity index (χ2n) is 5.01. The Labute approximate surface area is 113 Å². The van der Waals surface area contributed by atoms with Gasteiger partial charge in [-0.1, -0.05) is 6.92 Å². The van der Waals surface area contributed by atoms with Gasteiger partial charge in [-0.25, -0.2) is 15.0 Å². The van der Waals surface area contributed by atoms with Gasteiger partial charge in [-0.15, -0.1) is 0 Å². The maximum Gasteiger partial charge on any atom is 0.235 e. The first-order valence-electron chi connectivity index (χ1n) is 6.93. The molecule has 1 aliphatic carbocycles. The molecule has 3 rings (SSSR count). The van der Waals surface area contributed by atoms with Gasteiger partial charge in [-0.3, -0.25) is 4.57 Å². The van der Waals surface area contributed by atoms with Crippen molar-refractivity contribution < 1.29 is 0 Å². The van der Waals surface area contributed by atoms with Crippen molar-refractivity contribution in [3.05, 3.63) is 36.2 Å². The first-order chi connectivity index (χ1) is 9.36. The number of rotatable bonds is 6. The van der Waals surface area contributed by atoms with Gasteiger partial charge in [-0.2, -0.15) is 0 Å². The zero-order chi connectivity index (χ0) is 13.1. The summed E-state index contributed by atoms with van der Waals surface area (Å²) in [7, 11) is 0. The highest BCUT2D eigenvalue weighted by atomic mass is 15.2. The van der Waals surface area contributed by atoms with Gasteiger partial charge in [0, 0.05) is 49.4 Å². The van der Waals surface area contributed by atoms with Crippen LogP contribution in [0.25, 0.3) is 5.95 Å². The van der Waals surface area contributed by atoms with E-state index < -0.39 is 0 Å². The fraction of sp³-hybridized carbons (Fsp3) is 0.500. The Morgan fingerprint density at radius 3 is 2.74 bits per heavy atom. The molecule has 5 heteroatoms. The molecular weight excluding hydrogens is 238 g/mol. The van der Waals surface area contributed by atoms with Crippen LogP contribution >= 0.6 is 0 Å². The van der Waals surface area contributed by atoms with E-state index in [1.165, 1.54) is 12.8 Å². The SMILES string of the molecule is CCCc1nccn1-c1ncc(CNC2CC2)cn1. The van der Waals surface area contributed by atoms with Gasteiger partial charge in [0.25, 0.3) is 0 Å². The van der Waals surface area contributed by atoms with Crippen LogP contribution in [-0.4, -0.2) is 25.6 Å². The zero-order valence-electron chi connectivity index (χ0n) is 11.2. The second-order valence-corrected chi connectivity index (χ2v) is 5.01. The summed E-state index contributed by atoms with van der Waals surface area (Å²) in [5.74, 6) is 1.72. The molecule has 1 aliphatic rings. The van der Waals surface area contributed by atoms with Crippen molar-refractivity contribution in [2.45, 2.75) is 45.2 Å². The average molecular weight is 257 g/mol. The van der Waals surface area contributed by atoms with Crippen LogP contribution in [0.2, 0.25) is 0 Å². The third-order valence-corrected chi connectivity index (χ3v) is 3.27. The summed E-state index contributed by atoms with van der Waals surface area (Å²) in [5.41, 5.74) is 1.13. The minimum Gasteiger partial charge on any atom is -0.310 e. The third kappa shape index (κ3) is 2.98. The Hall–Kier alpha value is -1.75. The summed E-state index contributed by atoms with van der Waals surface area (Å²) in [6, 6.07) is 0.712. The van der Waals surface area contributed by atoms with Crippen molar-refractivity contribution in [1.82, 2.24) is 24.8 Å². The summed E-state index contributed by atoms with van der Waals surface area (Å²) < 4.78 is 1.96. The molecule has 19 heavy (non-hydrogen) atoms. The van der Waals surface area contributed by atoms with Gasteiger partial charge in [0.2, 0.25) is 5.95 Å².